The summed E-state index contributed by atoms with van der Waals surface area (Å²) in [5.41, 5.74) is 12.2. The Balaban J connectivity index is 1.60. The molecule has 2 aromatic rings. The van der Waals surface area contributed by atoms with Crippen LogP contribution in [-0.2, 0) is 31.8 Å². The number of carbonyl (C=O) groups is 2. The van der Waals surface area contributed by atoms with Gasteiger partial charge in [0.15, 0.2) is 0 Å². The van der Waals surface area contributed by atoms with Crippen LogP contribution in [0.2, 0.25) is 0 Å². The fourth-order valence-corrected chi connectivity index (χ4v) is 6.44. The molecule has 1 aliphatic rings. The maximum Gasteiger partial charge on any atom is 0.326 e. The molecule has 1 unspecified atom stereocenters. The van der Waals surface area contributed by atoms with E-state index >= 15 is 0 Å². The molecule has 0 spiro atoms. The molecule has 0 radical (unpaired) electrons. The largest absolute Gasteiger partial charge is 0.480 e. The van der Waals surface area contributed by atoms with Crippen LogP contribution in [0.3, 0.4) is 0 Å². The van der Waals surface area contributed by atoms with Crippen LogP contribution in [0.5, 0.6) is 0 Å². The molecule has 13 nitrogen and oxygen atoms in total. The average molecular weight is 572 g/mol. The normalized spacial score (nSPS) is 14.4. The van der Waals surface area contributed by atoms with Crippen molar-refractivity contribution >= 4 is 33.5 Å². The molecule has 1 aliphatic heterocycles. The minimum Gasteiger partial charge on any atom is -0.480 e. The lowest BCUT2D eigenvalue weighted by atomic mass is 9.87. The topological polar surface area (TPSA) is 206 Å². The highest BCUT2D eigenvalue weighted by Crippen LogP contribution is 2.43. The zero-order valence-corrected chi connectivity index (χ0v) is 23.8. The van der Waals surface area contributed by atoms with Gasteiger partial charge in [0.05, 0.1) is 17.1 Å². The molecule has 14 heteroatoms. The molecule has 3 rings (SSSR count). The second kappa shape index (κ2) is 11.9. The number of sulfonamides is 1. The zero-order valence-electron chi connectivity index (χ0n) is 23.0. The van der Waals surface area contributed by atoms with Crippen molar-refractivity contribution in [1.82, 2.24) is 15.4 Å². The molecule has 214 valence electrons. The zero-order chi connectivity index (χ0) is 29.8. The van der Waals surface area contributed by atoms with Gasteiger partial charge in [0, 0.05) is 22.7 Å². The van der Waals surface area contributed by atoms with Crippen molar-refractivity contribution < 1.29 is 27.9 Å². The van der Waals surface area contributed by atoms with Crippen LogP contribution in [0.15, 0.2) is 34.3 Å². The number of benzene rings is 2. The second-order valence-corrected chi connectivity index (χ2v) is 11.6. The van der Waals surface area contributed by atoms with Gasteiger partial charge in [-0.25, -0.2) is 17.9 Å². The summed E-state index contributed by atoms with van der Waals surface area (Å²) in [7, 11) is -4.10. The number of nitrogens with one attached hydrogen (secondary N) is 4. The first-order chi connectivity index (χ1) is 18.7. The molecule has 1 heterocycles. The summed E-state index contributed by atoms with van der Waals surface area (Å²) in [5, 5.41) is 26.1. The number of guanidine groups is 1. The quantitative estimate of drug-likeness (QED) is 0.0711. The summed E-state index contributed by atoms with van der Waals surface area (Å²) in [6.07, 6.45) is 0.227. The van der Waals surface area contributed by atoms with Gasteiger partial charge in [0.25, 0.3) is 15.9 Å². The first-order valence-corrected chi connectivity index (χ1v) is 14.0. The van der Waals surface area contributed by atoms with Crippen LogP contribution in [-0.4, -0.2) is 43.9 Å². The van der Waals surface area contributed by atoms with E-state index in [4.69, 9.17) is 15.7 Å². The molecule has 0 aliphatic carbocycles. The monoisotopic (exact) mass is 571 g/mol. The van der Waals surface area contributed by atoms with Gasteiger partial charge >= 0.3 is 5.97 Å². The van der Waals surface area contributed by atoms with Gasteiger partial charge in [0.2, 0.25) is 5.96 Å². The van der Waals surface area contributed by atoms with Crippen molar-refractivity contribution in [2.75, 3.05) is 6.54 Å². The van der Waals surface area contributed by atoms with E-state index in [-0.39, 0.29) is 35.5 Å². The lowest BCUT2D eigenvalue weighted by molar-refractivity contribution is -0.139. The molecule has 0 aromatic heterocycles. The smallest absolute Gasteiger partial charge is 0.326 e. The maximum atomic E-state index is 13.3. The molecule has 0 saturated heterocycles. The van der Waals surface area contributed by atoms with Gasteiger partial charge < -0.3 is 20.5 Å². The van der Waals surface area contributed by atoms with Gasteiger partial charge in [-0.3, -0.25) is 10.2 Å². The standard InChI is InChI=1S/C26H33N7O6S/c1-14-15(2)22(16(3)19-13-39-26(4,5)21(14)19)40(37,38)32-25(27)29-11-7-10-20(24(35)36)30-23(34)17-8-6-9-18(12-17)31-33-28/h6,8-9,12,20H,7,10-11,13H2,1-5H3,(H,30,34)(H,35,36)(H3,27,29,32). The van der Waals surface area contributed by atoms with E-state index in [1.54, 1.807) is 13.8 Å². The second-order valence-electron chi connectivity index (χ2n) is 10.0. The molecule has 2 aromatic carbocycles. The van der Waals surface area contributed by atoms with Crippen molar-refractivity contribution in [2.45, 2.75) is 70.6 Å². The van der Waals surface area contributed by atoms with Crippen molar-refractivity contribution in [3.8, 4) is 0 Å². The number of carboxylic acids is 1. The Hall–Kier alpha value is -4.13. The Bertz CT molecular complexity index is 1510. The first-order valence-electron chi connectivity index (χ1n) is 12.5. The maximum absolute atomic E-state index is 13.3. The van der Waals surface area contributed by atoms with E-state index < -0.39 is 39.5 Å². The molecular weight excluding hydrogens is 538 g/mol. The Kier molecular flexibility index (Phi) is 9.08. The number of aliphatic carboxylic acids is 1. The summed E-state index contributed by atoms with van der Waals surface area (Å²) >= 11 is 0. The van der Waals surface area contributed by atoms with E-state index in [1.807, 2.05) is 20.8 Å². The van der Waals surface area contributed by atoms with E-state index in [9.17, 15) is 23.1 Å². The van der Waals surface area contributed by atoms with Crippen LogP contribution in [0.1, 0.15) is 64.9 Å². The van der Waals surface area contributed by atoms with Gasteiger partial charge in [-0.15, -0.1) is 0 Å². The number of ether oxygens (including phenoxy) is 1. The summed E-state index contributed by atoms with van der Waals surface area (Å²) < 4.78 is 34.7. The highest BCUT2D eigenvalue weighted by atomic mass is 32.2. The third-order valence-corrected chi connectivity index (χ3v) is 8.52. The number of hydrogen-bond acceptors (Lipinski definition) is 7. The fourth-order valence-electron chi connectivity index (χ4n) is 4.91. The van der Waals surface area contributed by atoms with E-state index in [0.717, 1.165) is 16.7 Å². The average Bonchev–Trinajstić information content (AvgIpc) is 3.19. The molecule has 0 saturated carbocycles. The van der Waals surface area contributed by atoms with Crippen LogP contribution in [0.4, 0.5) is 5.69 Å². The highest BCUT2D eigenvalue weighted by molar-refractivity contribution is 7.90. The molecule has 1 amide bonds. The Morgan fingerprint density at radius 2 is 1.93 bits per heavy atom. The predicted molar refractivity (Wildman–Crippen MR) is 148 cm³/mol. The first kappa shape index (κ1) is 30.4. The van der Waals surface area contributed by atoms with Gasteiger partial charge in [-0.05, 0) is 92.9 Å². The van der Waals surface area contributed by atoms with Gasteiger partial charge in [0.1, 0.15) is 6.04 Å². The lowest BCUT2D eigenvalue weighted by Gasteiger charge is -2.24. The van der Waals surface area contributed by atoms with Crippen molar-refractivity contribution in [1.29, 1.82) is 5.41 Å². The van der Waals surface area contributed by atoms with E-state index in [1.165, 1.54) is 24.3 Å². The Labute approximate surface area is 232 Å². The van der Waals surface area contributed by atoms with Crippen molar-refractivity contribution in [2.24, 2.45) is 5.11 Å². The number of rotatable bonds is 10. The number of carboxylic acid groups (broad SMARTS) is 1. The molecular formula is C26H33N7O6S. The van der Waals surface area contributed by atoms with Crippen LogP contribution in [0.25, 0.3) is 10.4 Å². The number of azide groups is 1. The number of fused-ring (bicyclic) bond motifs is 1. The molecule has 0 fully saturated rings. The molecule has 5 N–H and O–H groups in total. The fraction of sp³-hybridized carbons (Fsp3) is 0.423. The van der Waals surface area contributed by atoms with Crippen molar-refractivity contribution in [3.63, 3.8) is 0 Å². The van der Waals surface area contributed by atoms with E-state index in [2.05, 4.69) is 25.4 Å². The van der Waals surface area contributed by atoms with Gasteiger partial charge in [-0.2, -0.15) is 0 Å². The third kappa shape index (κ3) is 6.53. The highest BCUT2D eigenvalue weighted by Gasteiger charge is 2.37. The molecule has 0 bridgehead atoms. The number of nitrogens with zero attached hydrogens (tertiary/aromatic N) is 3. The van der Waals surface area contributed by atoms with Crippen molar-refractivity contribution in [3.05, 3.63) is 68.1 Å². The Morgan fingerprint density at radius 3 is 2.58 bits per heavy atom. The molecule has 40 heavy (non-hydrogen) atoms. The third-order valence-electron chi connectivity index (χ3n) is 6.90. The van der Waals surface area contributed by atoms with Crippen LogP contribution in [0, 0.1) is 26.2 Å². The Morgan fingerprint density at radius 1 is 1.23 bits per heavy atom. The van der Waals surface area contributed by atoms with Crippen LogP contribution < -0.4 is 15.4 Å². The van der Waals surface area contributed by atoms with Gasteiger partial charge in [-0.1, -0.05) is 17.2 Å². The minimum absolute atomic E-state index is 0.0160. The SMILES string of the molecule is Cc1c(C)c(S(=O)(=O)NC(=N)NCCCC(NC(=O)c2cccc(N=[N+]=[N-])c2)C(=O)O)c(C)c2c1C(C)(C)OC2. The lowest BCUT2D eigenvalue weighted by Crippen LogP contribution is -2.43. The minimum atomic E-state index is -4.10. The van der Waals surface area contributed by atoms with Crippen LogP contribution >= 0.6 is 0 Å². The molecule has 1 atom stereocenters. The summed E-state index contributed by atoms with van der Waals surface area (Å²) in [6.45, 7) is 9.60. The summed E-state index contributed by atoms with van der Waals surface area (Å²) in [5.74, 6) is -2.36. The summed E-state index contributed by atoms with van der Waals surface area (Å²) in [6, 6.07) is 4.58. The van der Waals surface area contributed by atoms with E-state index in [0.29, 0.717) is 17.7 Å². The number of carbonyl (C=O) groups excluding carboxylic acids is 1. The number of hydrogen-bond donors (Lipinski definition) is 5. The summed E-state index contributed by atoms with van der Waals surface area (Å²) in [4.78, 5) is 26.9. The predicted octanol–water partition coefficient (Wildman–Crippen LogP) is 3.79. The number of amides is 1.